The Bertz CT molecular complexity index is 294. The summed E-state index contributed by atoms with van der Waals surface area (Å²) in [6, 6.07) is -1.87. The first-order valence-corrected chi connectivity index (χ1v) is 4.36. The number of hydrogen-bond donors (Lipinski definition) is 3. The molecule has 2 unspecified atom stereocenters. The molecule has 5 heteroatoms. The second-order valence-electron chi connectivity index (χ2n) is 2.94. The number of carboxylic acid groups (broad SMARTS) is 1. The number of amides is 1. The molecule has 0 spiro atoms. The van der Waals surface area contributed by atoms with Gasteiger partial charge in [0.2, 0.25) is 5.91 Å². The molecule has 4 N–H and O–H groups in total. The number of hydrogen-bond acceptors (Lipinski definition) is 3. The van der Waals surface area contributed by atoms with E-state index in [4.69, 9.17) is 17.3 Å². The lowest BCUT2D eigenvalue weighted by molar-refractivity contribution is -0.141. The van der Waals surface area contributed by atoms with Crippen LogP contribution in [-0.4, -0.2) is 29.1 Å². The maximum absolute atomic E-state index is 11.3. The van der Waals surface area contributed by atoms with Crippen molar-refractivity contribution < 1.29 is 14.7 Å². The number of nitrogens with one attached hydrogen (secondary N) is 1. The van der Waals surface area contributed by atoms with Gasteiger partial charge in [-0.2, -0.15) is 0 Å². The van der Waals surface area contributed by atoms with Crippen molar-refractivity contribution in [2.24, 2.45) is 5.73 Å². The van der Waals surface area contributed by atoms with Crippen LogP contribution in [0, 0.1) is 12.3 Å². The molecular formula is C10H14N2O3. The molecular weight excluding hydrogens is 196 g/mol. The van der Waals surface area contributed by atoms with Gasteiger partial charge in [-0.05, 0) is 6.42 Å². The molecule has 82 valence electrons. The molecule has 0 aromatic heterocycles. The molecule has 15 heavy (non-hydrogen) atoms. The lowest BCUT2D eigenvalue weighted by Crippen LogP contribution is -2.48. The summed E-state index contributed by atoms with van der Waals surface area (Å²) in [4.78, 5) is 22.0. The van der Waals surface area contributed by atoms with Crippen molar-refractivity contribution in [2.75, 3.05) is 0 Å². The van der Waals surface area contributed by atoms with E-state index >= 15 is 0 Å². The third kappa shape index (κ3) is 4.84. The summed E-state index contributed by atoms with van der Waals surface area (Å²) in [6.45, 7) is 3.39. The first-order chi connectivity index (χ1) is 7.02. The number of terminal acetylenes is 1. The van der Waals surface area contributed by atoms with Crippen LogP contribution in [0.5, 0.6) is 0 Å². The van der Waals surface area contributed by atoms with E-state index in [1.165, 1.54) is 6.08 Å². The van der Waals surface area contributed by atoms with Gasteiger partial charge in [0.1, 0.15) is 6.04 Å². The van der Waals surface area contributed by atoms with Crippen LogP contribution in [0.15, 0.2) is 12.7 Å². The number of carbonyl (C=O) groups excluding carboxylic acids is 1. The smallest absolute Gasteiger partial charge is 0.326 e. The average molecular weight is 210 g/mol. The molecule has 0 aliphatic heterocycles. The van der Waals surface area contributed by atoms with Crippen LogP contribution in [0.4, 0.5) is 0 Å². The summed E-state index contributed by atoms with van der Waals surface area (Å²) >= 11 is 0. The highest BCUT2D eigenvalue weighted by atomic mass is 16.4. The molecule has 0 aliphatic carbocycles. The molecule has 1 amide bonds. The van der Waals surface area contributed by atoms with Crippen LogP contribution in [0.3, 0.4) is 0 Å². The molecule has 0 rings (SSSR count). The molecule has 0 fully saturated rings. The Morgan fingerprint density at radius 1 is 1.67 bits per heavy atom. The Hall–Kier alpha value is -1.80. The first kappa shape index (κ1) is 13.2. The second-order valence-corrected chi connectivity index (χ2v) is 2.94. The number of aliphatic carboxylic acids is 1. The predicted octanol–water partition coefficient (Wildman–Crippen LogP) is -0.517. The van der Waals surface area contributed by atoms with Crippen molar-refractivity contribution in [1.29, 1.82) is 0 Å². The Labute approximate surface area is 88.3 Å². The minimum absolute atomic E-state index is 0.0757. The second kappa shape index (κ2) is 6.62. The van der Waals surface area contributed by atoms with Crippen molar-refractivity contribution in [3.05, 3.63) is 12.7 Å². The molecule has 5 nitrogen and oxygen atoms in total. The largest absolute Gasteiger partial charge is 0.480 e. The molecule has 0 saturated heterocycles. The van der Waals surface area contributed by atoms with E-state index in [1.54, 1.807) is 0 Å². The third-order valence-electron chi connectivity index (χ3n) is 1.69. The number of carbonyl (C=O) groups is 2. The Balaban J connectivity index is 4.29. The van der Waals surface area contributed by atoms with Crippen LogP contribution < -0.4 is 11.1 Å². The Kier molecular flexibility index (Phi) is 5.83. The number of rotatable bonds is 6. The molecule has 0 radical (unpaired) electrons. The predicted molar refractivity (Wildman–Crippen MR) is 55.8 cm³/mol. The van der Waals surface area contributed by atoms with E-state index in [9.17, 15) is 9.59 Å². The summed E-state index contributed by atoms with van der Waals surface area (Å²) in [6.07, 6.45) is 6.60. The molecule has 2 atom stereocenters. The van der Waals surface area contributed by atoms with Gasteiger partial charge < -0.3 is 16.2 Å². The monoisotopic (exact) mass is 210 g/mol. The van der Waals surface area contributed by atoms with Crippen molar-refractivity contribution in [2.45, 2.75) is 24.9 Å². The lowest BCUT2D eigenvalue weighted by atomic mass is 10.1. The van der Waals surface area contributed by atoms with E-state index in [1.807, 2.05) is 0 Å². The summed E-state index contributed by atoms with van der Waals surface area (Å²) < 4.78 is 0. The highest BCUT2D eigenvalue weighted by Crippen LogP contribution is 1.95. The van der Waals surface area contributed by atoms with E-state index < -0.39 is 24.0 Å². The van der Waals surface area contributed by atoms with E-state index in [-0.39, 0.29) is 12.8 Å². The zero-order valence-corrected chi connectivity index (χ0v) is 8.27. The van der Waals surface area contributed by atoms with E-state index in [2.05, 4.69) is 17.8 Å². The van der Waals surface area contributed by atoms with Crippen LogP contribution >= 0.6 is 0 Å². The summed E-state index contributed by atoms with van der Waals surface area (Å²) in [5.41, 5.74) is 5.40. The Morgan fingerprint density at radius 3 is 2.67 bits per heavy atom. The minimum atomic E-state index is -1.13. The molecule has 0 aromatic carbocycles. The minimum Gasteiger partial charge on any atom is -0.480 e. The van der Waals surface area contributed by atoms with Crippen LogP contribution in [0.1, 0.15) is 12.8 Å². The number of carboxylic acids is 1. The topological polar surface area (TPSA) is 92.4 Å². The Morgan fingerprint density at radius 2 is 2.27 bits per heavy atom. The quantitative estimate of drug-likeness (QED) is 0.406. The molecule has 0 aromatic rings. The van der Waals surface area contributed by atoms with Gasteiger partial charge in [0.15, 0.2) is 0 Å². The maximum Gasteiger partial charge on any atom is 0.326 e. The maximum atomic E-state index is 11.3. The normalized spacial score (nSPS) is 13.3. The van der Waals surface area contributed by atoms with Gasteiger partial charge in [0.25, 0.3) is 0 Å². The SMILES string of the molecule is C#CCC(N)C(=O)NC(CC=C)C(=O)O. The zero-order valence-electron chi connectivity index (χ0n) is 8.27. The van der Waals surface area contributed by atoms with E-state index in [0.717, 1.165) is 0 Å². The van der Waals surface area contributed by atoms with E-state index in [0.29, 0.717) is 0 Å². The van der Waals surface area contributed by atoms with Gasteiger partial charge >= 0.3 is 5.97 Å². The lowest BCUT2D eigenvalue weighted by Gasteiger charge is -2.15. The average Bonchev–Trinajstić information content (AvgIpc) is 2.17. The number of nitrogens with two attached hydrogens (primary N) is 1. The highest BCUT2D eigenvalue weighted by Gasteiger charge is 2.21. The van der Waals surface area contributed by atoms with Gasteiger partial charge in [-0.15, -0.1) is 18.9 Å². The van der Waals surface area contributed by atoms with Crippen LogP contribution in [-0.2, 0) is 9.59 Å². The van der Waals surface area contributed by atoms with Crippen LogP contribution in [0.2, 0.25) is 0 Å². The fourth-order valence-electron chi connectivity index (χ4n) is 0.887. The fourth-order valence-corrected chi connectivity index (χ4v) is 0.887. The molecule has 0 aliphatic rings. The van der Waals surface area contributed by atoms with Gasteiger partial charge in [-0.25, -0.2) is 4.79 Å². The highest BCUT2D eigenvalue weighted by molar-refractivity contribution is 5.87. The summed E-state index contributed by atoms with van der Waals surface area (Å²) in [5.74, 6) is 0.533. The van der Waals surface area contributed by atoms with Gasteiger partial charge in [0, 0.05) is 6.42 Å². The summed E-state index contributed by atoms with van der Waals surface area (Å²) in [7, 11) is 0. The standard InChI is InChI=1S/C10H14N2O3/c1-3-5-7(11)9(13)12-8(6-4-2)10(14)15/h1,4,7-8H,2,5-6,11H2,(H,12,13)(H,14,15). The van der Waals surface area contributed by atoms with Crippen molar-refractivity contribution >= 4 is 11.9 Å². The van der Waals surface area contributed by atoms with Gasteiger partial charge in [-0.1, -0.05) is 6.08 Å². The molecule has 0 saturated carbocycles. The van der Waals surface area contributed by atoms with Crippen molar-refractivity contribution in [1.82, 2.24) is 5.32 Å². The summed E-state index contributed by atoms with van der Waals surface area (Å²) in [5, 5.41) is 11.0. The molecule has 0 heterocycles. The van der Waals surface area contributed by atoms with Crippen molar-refractivity contribution in [3.8, 4) is 12.3 Å². The third-order valence-corrected chi connectivity index (χ3v) is 1.69. The van der Waals surface area contributed by atoms with Crippen LogP contribution in [0.25, 0.3) is 0 Å². The van der Waals surface area contributed by atoms with Gasteiger partial charge in [-0.3, -0.25) is 4.79 Å². The fraction of sp³-hybridized carbons (Fsp3) is 0.400. The van der Waals surface area contributed by atoms with Crippen molar-refractivity contribution in [3.63, 3.8) is 0 Å². The zero-order chi connectivity index (χ0) is 11.8. The van der Waals surface area contributed by atoms with Gasteiger partial charge in [0.05, 0.1) is 6.04 Å². The first-order valence-electron chi connectivity index (χ1n) is 4.36. The molecule has 0 bridgehead atoms.